The molecule has 88 valence electrons. The molecule has 0 amide bonds. The first-order valence-electron chi connectivity index (χ1n) is 6.30. The van der Waals surface area contributed by atoms with E-state index in [1.165, 1.54) is 12.8 Å². The van der Waals surface area contributed by atoms with Crippen molar-refractivity contribution in [2.75, 3.05) is 0 Å². The summed E-state index contributed by atoms with van der Waals surface area (Å²) in [4.78, 5) is 10.9. The van der Waals surface area contributed by atoms with Crippen LogP contribution in [0.5, 0.6) is 0 Å². The Morgan fingerprint density at radius 1 is 1.13 bits per heavy atom. The molecule has 0 aliphatic rings. The fourth-order valence-corrected chi connectivity index (χ4v) is 1.91. The Hall–Kier alpha value is -0.590. The van der Waals surface area contributed by atoms with Gasteiger partial charge in [0.15, 0.2) is 0 Å². The van der Waals surface area contributed by atoms with Gasteiger partial charge >= 0.3 is 0 Å². The van der Waals surface area contributed by atoms with Gasteiger partial charge in [0.05, 0.1) is 0 Å². The lowest BCUT2D eigenvalue weighted by Crippen LogP contribution is -2.02. The first-order valence-corrected chi connectivity index (χ1v) is 6.30. The quantitative estimate of drug-likeness (QED) is 0.429. The third-order valence-corrected chi connectivity index (χ3v) is 2.96. The van der Waals surface area contributed by atoms with Crippen LogP contribution in [0.1, 0.15) is 59.8 Å². The molecule has 0 bridgehead atoms. The van der Waals surface area contributed by atoms with Gasteiger partial charge in [-0.25, -0.2) is 0 Å². The Labute approximate surface area is 95.0 Å². The van der Waals surface area contributed by atoms with E-state index in [0.717, 1.165) is 31.1 Å². The monoisotopic (exact) mass is 210 g/mol. The van der Waals surface area contributed by atoms with E-state index in [4.69, 9.17) is 0 Å². The number of carbonyl (C=O) groups excluding carboxylic acids is 1. The van der Waals surface area contributed by atoms with E-state index in [1.54, 1.807) is 0 Å². The van der Waals surface area contributed by atoms with E-state index in [2.05, 4.69) is 33.8 Å². The van der Waals surface area contributed by atoms with Crippen molar-refractivity contribution in [3.05, 3.63) is 11.6 Å². The predicted molar refractivity (Wildman–Crippen MR) is 66.9 cm³/mol. The van der Waals surface area contributed by atoms with Crippen molar-refractivity contribution in [3.8, 4) is 0 Å². The van der Waals surface area contributed by atoms with Gasteiger partial charge < -0.3 is 0 Å². The fraction of sp³-hybridized carbons (Fsp3) is 0.786. The maximum Gasteiger partial charge on any atom is 0.145 e. The summed E-state index contributed by atoms with van der Waals surface area (Å²) >= 11 is 0. The molecule has 0 aromatic rings. The number of hydrogen-bond donors (Lipinski definition) is 0. The van der Waals surface area contributed by atoms with Crippen LogP contribution in [0.3, 0.4) is 0 Å². The normalized spacial score (nSPS) is 16.1. The van der Waals surface area contributed by atoms with E-state index in [0.29, 0.717) is 11.8 Å². The molecule has 0 radical (unpaired) electrons. The topological polar surface area (TPSA) is 17.1 Å². The molecule has 0 fully saturated rings. The highest BCUT2D eigenvalue weighted by atomic mass is 16.1. The van der Waals surface area contributed by atoms with Gasteiger partial charge in [-0.05, 0) is 30.3 Å². The molecular weight excluding hydrogens is 184 g/mol. The number of hydrogen-bond acceptors (Lipinski definition) is 1. The largest absolute Gasteiger partial charge is 0.298 e. The van der Waals surface area contributed by atoms with Gasteiger partial charge in [0, 0.05) is 0 Å². The maximum atomic E-state index is 10.9. The number of aldehydes is 1. The second-order valence-electron chi connectivity index (χ2n) is 4.64. The average Bonchev–Trinajstić information content (AvgIpc) is 2.19. The molecule has 0 spiro atoms. The van der Waals surface area contributed by atoms with Gasteiger partial charge in [0.25, 0.3) is 0 Å². The Bertz CT molecular complexity index is 194. The van der Waals surface area contributed by atoms with Crippen LogP contribution in [0.25, 0.3) is 0 Å². The van der Waals surface area contributed by atoms with Crippen LogP contribution in [0.2, 0.25) is 0 Å². The smallest absolute Gasteiger partial charge is 0.145 e. The third kappa shape index (κ3) is 6.48. The van der Waals surface area contributed by atoms with Crippen molar-refractivity contribution >= 4 is 6.29 Å². The molecule has 0 aliphatic heterocycles. The minimum atomic E-state index is 0.432. The van der Waals surface area contributed by atoms with E-state index in [1.807, 2.05) is 0 Å². The zero-order chi connectivity index (χ0) is 11.7. The van der Waals surface area contributed by atoms with Gasteiger partial charge in [0.1, 0.15) is 6.29 Å². The summed E-state index contributed by atoms with van der Waals surface area (Å²) in [6.45, 7) is 8.78. The van der Waals surface area contributed by atoms with Crippen molar-refractivity contribution in [3.63, 3.8) is 0 Å². The Kier molecular flexibility index (Phi) is 8.35. The molecule has 2 unspecified atom stereocenters. The lowest BCUT2D eigenvalue weighted by atomic mass is 9.93. The summed E-state index contributed by atoms with van der Waals surface area (Å²) < 4.78 is 0. The average molecular weight is 210 g/mol. The standard InChI is InChI=1S/C14H26O/c1-5-7-12(3)9-10-14(11-15)13(4)8-6-2/h10-13H,5-9H2,1-4H3/b14-10-. The van der Waals surface area contributed by atoms with Crippen LogP contribution in [0.15, 0.2) is 11.6 Å². The maximum absolute atomic E-state index is 10.9. The highest BCUT2D eigenvalue weighted by Crippen LogP contribution is 2.18. The molecule has 0 N–H and O–H groups in total. The fourth-order valence-electron chi connectivity index (χ4n) is 1.91. The molecule has 1 heteroatoms. The van der Waals surface area contributed by atoms with Crippen molar-refractivity contribution in [2.45, 2.75) is 59.8 Å². The van der Waals surface area contributed by atoms with Gasteiger partial charge in [-0.2, -0.15) is 0 Å². The molecule has 0 aromatic heterocycles. The third-order valence-electron chi connectivity index (χ3n) is 2.96. The summed E-state index contributed by atoms with van der Waals surface area (Å²) in [6.07, 6.45) is 8.99. The minimum absolute atomic E-state index is 0.432. The second-order valence-corrected chi connectivity index (χ2v) is 4.64. The highest BCUT2D eigenvalue weighted by molar-refractivity contribution is 5.73. The van der Waals surface area contributed by atoms with Gasteiger partial charge in [0.2, 0.25) is 0 Å². The predicted octanol–water partition coefficient (Wildman–Crippen LogP) is 4.37. The number of allylic oxidation sites excluding steroid dienone is 2. The first kappa shape index (κ1) is 14.4. The van der Waals surface area contributed by atoms with E-state index in [-0.39, 0.29) is 0 Å². The molecule has 0 aliphatic carbocycles. The van der Waals surface area contributed by atoms with Crippen LogP contribution >= 0.6 is 0 Å². The molecule has 0 saturated carbocycles. The van der Waals surface area contributed by atoms with Crippen LogP contribution < -0.4 is 0 Å². The summed E-state index contributed by atoms with van der Waals surface area (Å²) in [6, 6.07) is 0. The zero-order valence-corrected chi connectivity index (χ0v) is 10.8. The molecule has 15 heavy (non-hydrogen) atoms. The minimum Gasteiger partial charge on any atom is -0.298 e. The number of carbonyl (C=O) groups is 1. The van der Waals surface area contributed by atoms with E-state index < -0.39 is 0 Å². The second kappa shape index (κ2) is 8.70. The molecule has 0 saturated heterocycles. The first-order chi connectivity index (χ1) is 7.15. The summed E-state index contributed by atoms with van der Waals surface area (Å²) in [7, 11) is 0. The van der Waals surface area contributed by atoms with Crippen molar-refractivity contribution < 1.29 is 4.79 Å². The molecule has 1 nitrogen and oxygen atoms in total. The summed E-state index contributed by atoms with van der Waals surface area (Å²) in [5.74, 6) is 1.14. The zero-order valence-electron chi connectivity index (χ0n) is 10.8. The molecule has 2 atom stereocenters. The van der Waals surface area contributed by atoms with E-state index >= 15 is 0 Å². The molecule has 0 aromatic carbocycles. The molecule has 0 rings (SSSR count). The molecule has 0 heterocycles. The Balaban J connectivity index is 4.14. The van der Waals surface area contributed by atoms with Gasteiger partial charge in [-0.3, -0.25) is 4.79 Å². The van der Waals surface area contributed by atoms with Crippen LogP contribution in [-0.4, -0.2) is 6.29 Å². The van der Waals surface area contributed by atoms with Crippen molar-refractivity contribution in [1.29, 1.82) is 0 Å². The molecular formula is C14H26O. The lowest BCUT2D eigenvalue weighted by molar-refractivity contribution is -0.105. The SMILES string of the molecule is CCCC(C)C/C=C(/C=O)C(C)CCC. The van der Waals surface area contributed by atoms with Gasteiger partial charge in [-0.15, -0.1) is 0 Å². The van der Waals surface area contributed by atoms with Crippen molar-refractivity contribution in [1.82, 2.24) is 0 Å². The Morgan fingerprint density at radius 3 is 2.20 bits per heavy atom. The lowest BCUT2D eigenvalue weighted by Gasteiger charge is -2.11. The van der Waals surface area contributed by atoms with Crippen LogP contribution in [0.4, 0.5) is 0 Å². The van der Waals surface area contributed by atoms with Crippen molar-refractivity contribution in [2.24, 2.45) is 11.8 Å². The van der Waals surface area contributed by atoms with E-state index in [9.17, 15) is 4.79 Å². The Morgan fingerprint density at radius 2 is 1.73 bits per heavy atom. The van der Waals surface area contributed by atoms with Crippen LogP contribution in [0, 0.1) is 11.8 Å². The highest BCUT2D eigenvalue weighted by Gasteiger charge is 2.07. The summed E-state index contributed by atoms with van der Waals surface area (Å²) in [5.41, 5.74) is 1.000. The van der Waals surface area contributed by atoms with Gasteiger partial charge in [-0.1, -0.05) is 53.0 Å². The van der Waals surface area contributed by atoms with Crippen LogP contribution in [-0.2, 0) is 4.79 Å². The number of rotatable bonds is 8. The summed E-state index contributed by atoms with van der Waals surface area (Å²) in [5, 5.41) is 0.